The summed E-state index contributed by atoms with van der Waals surface area (Å²) in [6.45, 7) is -0.613. The number of nitrogens with one attached hydrogen (secondary N) is 2. The van der Waals surface area contributed by atoms with Crippen molar-refractivity contribution in [2.45, 2.75) is 45.3 Å². The largest absolute Gasteiger partial charge is 0.435 e. The molecule has 1 aromatic rings. The molecule has 2 N–H and O–H groups in total. The Morgan fingerprint density at radius 3 is 2.52 bits per heavy atom. The van der Waals surface area contributed by atoms with Crippen molar-refractivity contribution < 1.29 is 13.5 Å². The van der Waals surface area contributed by atoms with Crippen molar-refractivity contribution in [1.29, 1.82) is 0 Å². The highest BCUT2D eigenvalue weighted by molar-refractivity contribution is 7.80. The van der Waals surface area contributed by atoms with Crippen molar-refractivity contribution in [3.05, 3.63) is 24.3 Å². The van der Waals surface area contributed by atoms with Gasteiger partial charge in [0.05, 0.1) is 0 Å². The first-order valence-electron chi connectivity index (χ1n) is 8.13. The summed E-state index contributed by atoms with van der Waals surface area (Å²) < 4.78 is 28.6. The average Bonchev–Trinajstić information content (AvgIpc) is 3.11. The molecular formula is C17H22F2N2OS. The van der Waals surface area contributed by atoms with Crippen LogP contribution in [0.1, 0.15) is 32.6 Å². The van der Waals surface area contributed by atoms with E-state index < -0.39 is 6.61 Å². The zero-order valence-electron chi connectivity index (χ0n) is 13.1. The Morgan fingerprint density at radius 1 is 1.22 bits per heavy atom. The third-order valence-corrected chi connectivity index (χ3v) is 5.35. The van der Waals surface area contributed by atoms with Crippen LogP contribution in [-0.4, -0.2) is 17.8 Å². The van der Waals surface area contributed by atoms with Crippen LogP contribution < -0.4 is 15.4 Å². The molecule has 0 heterocycles. The fourth-order valence-electron chi connectivity index (χ4n) is 4.11. The van der Waals surface area contributed by atoms with Crippen molar-refractivity contribution in [1.82, 2.24) is 5.32 Å². The summed E-state index contributed by atoms with van der Waals surface area (Å²) in [4.78, 5) is 0. The van der Waals surface area contributed by atoms with Gasteiger partial charge in [-0.2, -0.15) is 8.78 Å². The van der Waals surface area contributed by atoms with Gasteiger partial charge in [-0.05, 0) is 80.4 Å². The maximum Gasteiger partial charge on any atom is 0.387 e. The summed E-state index contributed by atoms with van der Waals surface area (Å²) in [5.74, 6) is 2.60. The molecule has 126 valence electrons. The molecule has 2 bridgehead atoms. The molecular weight excluding hydrogens is 318 g/mol. The first kappa shape index (κ1) is 16.4. The quantitative estimate of drug-likeness (QED) is 0.779. The minimum absolute atomic E-state index is 0.139. The predicted octanol–water partition coefficient (Wildman–Crippen LogP) is 4.40. The van der Waals surface area contributed by atoms with Crippen LogP contribution in [0, 0.1) is 17.8 Å². The SMILES string of the molecule is C[C@H](NC(=S)Nc1ccc(OC(F)F)cc1)[C@H]1C[C@H]2CC[C@H]1C2. The smallest absolute Gasteiger partial charge is 0.387 e. The number of benzene rings is 1. The Labute approximate surface area is 140 Å². The van der Waals surface area contributed by atoms with Crippen molar-refractivity contribution >= 4 is 23.0 Å². The summed E-state index contributed by atoms with van der Waals surface area (Å²) in [5.41, 5.74) is 0.754. The second-order valence-corrected chi connectivity index (χ2v) is 7.04. The van der Waals surface area contributed by atoms with Crippen molar-refractivity contribution in [3.63, 3.8) is 0 Å². The lowest BCUT2D eigenvalue weighted by Crippen LogP contribution is -2.42. The Hall–Kier alpha value is -1.43. The highest BCUT2D eigenvalue weighted by Crippen LogP contribution is 2.49. The molecule has 0 unspecified atom stereocenters. The van der Waals surface area contributed by atoms with E-state index in [9.17, 15) is 8.78 Å². The van der Waals surface area contributed by atoms with E-state index in [2.05, 4.69) is 22.3 Å². The molecule has 6 heteroatoms. The molecule has 0 spiro atoms. The first-order valence-corrected chi connectivity index (χ1v) is 8.54. The van der Waals surface area contributed by atoms with Crippen LogP contribution in [0.4, 0.5) is 14.5 Å². The number of fused-ring (bicyclic) bond motifs is 2. The predicted molar refractivity (Wildman–Crippen MR) is 90.8 cm³/mol. The highest BCUT2D eigenvalue weighted by atomic mass is 32.1. The number of rotatable bonds is 5. The van der Waals surface area contributed by atoms with Crippen LogP contribution in [0.5, 0.6) is 5.75 Å². The van der Waals surface area contributed by atoms with Gasteiger partial charge in [-0.1, -0.05) is 6.42 Å². The van der Waals surface area contributed by atoms with Crippen molar-refractivity contribution in [2.24, 2.45) is 17.8 Å². The van der Waals surface area contributed by atoms with E-state index in [1.807, 2.05) is 0 Å². The molecule has 4 atom stereocenters. The third kappa shape index (κ3) is 4.10. The zero-order valence-corrected chi connectivity index (χ0v) is 13.9. The molecule has 0 amide bonds. The second kappa shape index (κ2) is 6.99. The number of alkyl halides is 2. The molecule has 0 aliphatic heterocycles. The molecule has 0 aromatic heterocycles. The van der Waals surface area contributed by atoms with Crippen molar-refractivity contribution in [2.75, 3.05) is 5.32 Å². The van der Waals surface area contributed by atoms with Gasteiger partial charge in [0, 0.05) is 11.7 Å². The molecule has 3 nitrogen and oxygen atoms in total. The number of thiocarbonyl (C=S) groups is 1. The molecule has 2 aliphatic carbocycles. The Morgan fingerprint density at radius 2 is 1.96 bits per heavy atom. The summed E-state index contributed by atoms with van der Waals surface area (Å²) in [5, 5.41) is 7.04. The lowest BCUT2D eigenvalue weighted by Gasteiger charge is -2.29. The van der Waals surface area contributed by atoms with E-state index in [4.69, 9.17) is 12.2 Å². The Bertz CT molecular complexity index is 552. The molecule has 2 saturated carbocycles. The zero-order chi connectivity index (χ0) is 16.4. The minimum atomic E-state index is -2.81. The van der Waals surface area contributed by atoms with E-state index >= 15 is 0 Å². The molecule has 0 saturated heterocycles. The van der Waals surface area contributed by atoms with E-state index in [0.29, 0.717) is 17.1 Å². The van der Waals surface area contributed by atoms with Gasteiger partial charge in [-0.3, -0.25) is 0 Å². The van der Waals surface area contributed by atoms with Gasteiger partial charge in [0.25, 0.3) is 0 Å². The summed E-state index contributed by atoms with van der Waals surface area (Å²) in [7, 11) is 0. The van der Waals surface area contributed by atoms with Crippen LogP contribution in [-0.2, 0) is 0 Å². The van der Waals surface area contributed by atoms with Gasteiger partial charge in [0.1, 0.15) is 5.75 Å². The minimum Gasteiger partial charge on any atom is -0.435 e. The first-order chi connectivity index (χ1) is 11.0. The molecule has 2 aliphatic rings. The topological polar surface area (TPSA) is 33.3 Å². The molecule has 1 aromatic carbocycles. The van der Waals surface area contributed by atoms with Crippen LogP contribution in [0.2, 0.25) is 0 Å². The van der Waals surface area contributed by atoms with Gasteiger partial charge < -0.3 is 15.4 Å². The highest BCUT2D eigenvalue weighted by Gasteiger charge is 2.41. The normalized spacial score (nSPS) is 27.0. The summed E-state index contributed by atoms with van der Waals surface area (Å²) in [6.07, 6.45) is 5.43. The lowest BCUT2D eigenvalue weighted by atomic mass is 9.84. The maximum absolute atomic E-state index is 12.1. The van der Waals surface area contributed by atoms with Gasteiger partial charge >= 0.3 is 6.61 Å². The number of halogens is 2. The monoisotopic (exact) mass is 340 g/mol. The van der Waals surface area contributed by atoms with Gasteiger partial charge in [0.2, 0.25) is 0 Å². The molecule has 23 heavy (non-hydrogen) atoms. The lowest BCUT2D eigenvalue weighted by molar-refractivity contribution is -0.0498. The number of ether oxygens (including phenoxy) is 1. The van der Waals surface area contributed by atoms with Gasteiger partial charge in [0.15, 0.2) is 5.11 Å². The van der Waals surface area contributed by atoms with Gasteiger partial charge in [-0.25, -0.2) is 0 Å². The fraction of sp³-hybridized carbons (Fsp3) is 0.588. The standard InChI is InChI=1S/C17H22F2N2OS/c1-10(15-9-11-2-3-12(15)8-11)20-17(23)21-13-4-6-14(7-5-13)22-16(18)19/h4-7,10-12,15-16H,2-3,8-9H2,1H3,(H2,20,21,23)/t10-,11-,12-,15+/m0/s1. The Kier molecular flexibility index (Phi) is 4.99. The number of hydrogen-bond donors (Lipinski definition) is 2. The van der Waals surface area contributed by atoms with E-state index in [-0.39, 0.29) is 5.75 Å². The van der Waals surface area contributed by atoms with E-state index in [1.54, 1.807) is 12.1 Å². The number of anilines is 1. The second-order valence-electron chi connectivity index (χ2n) is 6.63. The van der Waals surface area contributed by atoms with Crippen molar-refractivity contribution in [3.8, 4) is 5.75 Å². The van der Waals surface area contributed by atoms with Crippen LogP contribution in [0.15, 0.2) is 24.3 Å². The number of hydrogen-bond acceptors (Lipinski definition) is 2. The maximum atomic E-state index is 12.1. The Balaban J connectivity index is 1.49. The third-order valence-electron chi connectivity index (χ3n) is 5.13. The average molecular weight is 340 g/mol. The summed E-state index contributed by atoms with van der Waals surface area (Å²) in [6, 6.07) is 6.70. The summed E-state index contributed by atoms with van der Waals surface area (Å²) >= 11 is 5.36. The molecule has 0 radical (unpaired) electrons. The molecule has 2 fully saturated rings. The van der Waals surface area contributed by atoms with E-state index in [1.165, 1.54) is 37.8 Å². The van der Waals surface area contributed by atoms with Crippen LogP contribution in [0.3, 0.4) is 0 Å². The van der Waals surface area contributed by atoms with E-state index in [0.717, 1.165) is 17.5 Å². The van der Waals surface area contributed by atoms with Gasteiger partial charge in [-0.15, -0.1) is 0 Å². The van der Waals surface area contributed by atoms with Crippen LogP contribution in [0.25, 0.3) is 0 Å². The molecule has 3 rings (SSSR count). The van der Waals surface area contributed by atoms with Crippen LogP contribution >= 0.6 is 12.2 Å². The fourth-order valence-corrected chi connectivity index (χ4v) is 4.41.